The zero-order chi connectivity index (χ0) is 19.8. The van der Waals surface area contributed by atoms with Gasteiger partial charge in [-0.15, -0.1) is 0 Å². The van der Waals surface area contributed by atoms with E-state index in [0.717, 1.165) is 11.3 Å². The fourth-order valence-corrected chi connectivity index (χ4v) is 3.83. The molecular weight excluding hydrogens is 366 g/mol. The molecule has 2 N–H and O–H groups in total. The lowest BCUT2D eigenvalue weighted by Gasteiger charge is -2.33. The molecule has 0 radical (unpaired) electrons. The average molecular weight is 394 g/mol. The molecule has 148 valence electrons. The van der Waals surface area contributed by atoms with Crippen LogP contribution in [0, 0.1) is 5.92 Å². The van der Waals surface area contributed by atoms with Gasteiger partial charge in [-0.05, 0) is 30.5 Å². The van der Waals surface area contributed by atoms with E-state index in [2.05, 4.69) is 5.32 Å². The molecule has 7 nitrogen and oxygen atoms in total. The minimum absolute atomic E-state index is 0.0115. The van der Waals surface area contributed by atoms with E-state index in [0.29, 0.717) is 37.4 Å². The lowest BCUT2D eigenvalue weighted by molar-refractivity contribution is -0.136. The Morgan fingerprint density at radius 1 is 1.26 bits per heavy atom. The number of likely N-dealkylation sites (tertiary alicyclic amines) is 1. The first-order valence-corrected chi connectivity index (χ1v) is 10.2. The molecule has 2 rings (SSSR count). The van der Waals surface area contributed by atoms with Gasteiger partial charge in [-0.1, -0.05) is 12.1 Å². The number of carboxylic acid groups (broad SMARTS) is 1. The van der Waals surface area contributed by atoms with Crippen molar-refractivity contribution in [1.29, 1.82) is 0 Å². The molecule has 0 aromatic heterocycles. The summed E-state index contributed by atoms with van der Waals surface area (Å²) in [6.45, 7) is 1.19. The number of carbonyl (C=O) groups excluding carboxylic acids is 2. The highest BCUT2D eigenvalue weighted by molar-refractivity contribution is 7.98. The Hall–Kier alpha value is -2.22. The van der Waals surface area contributed by atoms with Gasteiger partial charge in [0.25, 0.3) is 0 Å². The van der Waals surface area contributed by atoms with Crippen molar-refractivity contribution < 1.29 is 19.5 Å². The molecule has 1 saturated heterocycles. The molecule has 0 aliphatic carbocycles. The second kappa shape index (κ2) is 10.2. The largest absolute Gasteiger partial charge is 0.481 e. The van der Waals surface area contributed by atoms with E-state index in [1.807, 2.05) is 24.3 Å². The Kier molecular flexibility index (Phi) is 7.97. The van der Waals surface area contributed by atoms with Crippen molar-refractivity contribution in [3.05, 3.63) is 29.8 Å². The number of hydrogen-bond acceptors (Lipinski definition) is 4. The van der Waals surface area contributed by atoms with Crippen LogP contribution in [0.2, 0.25) is 0 Å². The van der Waals surface area contributed by atoms with E-state index in [1.165, 1.54) is 0 Å². The Morgan fingerprint density at radius 2 is 1.96 bits per heavy atom. The second-order valence-corrected chi connectivity index (χ2v) is 7.93. The van der Waals surface area contributed by atoms with E-state index in [4.69, 9.17) is 5.11 Å². The molecule has 1 aromatic rings. The van der Waals surface area contributed by atoms with E-state index < -0.39 is 5.97 Å². The maximum atomic E-state index is 12.5. The molecular formula is C19H27N3O4S. The predicted molar refractivity (Wildman–Crippen MR) is 107 cm³/mol. The van der Waals surface area contributed by atoms with Crippen LogP contribution in [0.15, 0.2) is 24.3 Å². The average Bonchev–Trinajstić information content (AvgIpc) is 2.65. The molecule has 1 aliphatic heterocycles. The lowest BCUT2D eigenvalue weighted by atomic mass is 9.96. The first-order chi connectivity index (χ1) is 12.9. The smallest absolute Gasteiger partial charge is 0.319 e. The Labute approximate surface area is 164 Å². The Bertz CT molecular complexity index is 673. The van der Waals surface area contributed by atoms with Crippen LogP contribution >= 0.6 is 11.8 Å². The van der Waals surface area contributed by atoms with Crippen LogP contribution in [0.5, 0.6) is 0 Å². The number of urea groups is 1. The van der Waals surface area contributed by atoms with Gasteiger partial charge in [0.15, 0.2) is 0 Å². The fraction of sp³-hybridized carbons (Fsp3) is 0.526. The molecule has 8 heteroatoms. The van der Waals surface area contributed by atoms with Crippen LogP contribution in [0.4, 0.5) is 10.5 Å². The van der Waals surface area contributed by atoms with Gasteiger partial charge in [-0.3, -0.25) is 9.59 Å². The zero-order valence-electron chi connectivity index (χ0n) is 15.8. The third-order valence-electron chi connectivity index (χ3n) is 4.44. The summed E-state index contributed by atoms with van der Waals surface area (Å²) in [6.07, 6.45) is 1.47. The van der Waals surface area contributed by atoms with Crippen LogP contribution in [0.3, 0.4) is 0 Å². The summed E-state index contributed by atoms with van der Waals surface area (Å²) >= 11 is 1.56. The number of amides is 3. The standard InChI is InChI=1S/C19H27N3O4S/c1-21(2)19(26)22-9-6-15(7-10-22)18(25)20-16-5-3-4-14(12-16)13-27-11-8-17(23)24/h3-5,12,15H,6-11,13H2,1-2H3,(H,20,25)(H,23,24). The summed E-state index contributed by atoms with van der Waals surface area (Å²) in [6, 6.07) is 7.63. The van der Waals surface area contributed by atoms with Crippen molar-refractivity contribution in [2.24, 2.45) is 5.92 Å². The minimum Gasteiger partial charge on any atom is -0.481 e. The van der Waals surface area contributed by atoms with Crippen LogP contribution in [-0.4, -0.2) is 65.8 Å². The number of aliphatic carboxylic acids is 1. The molecule has 1 heterocycles. The number of piperidine rings is 1. The number of anilines is 1. The maximum Gasteiger partial charge on any atom is 0.319 e. The normalized spacial score (nSPS) is 14.7. The molecule has 3 amide bonds. The first-order valence-electron chi connectivity index (χ1n) is 9.02. The molecule has 0 bridgehead atoms. The van der Waals surface area contributed by atoms with E-state index >= 15 is 0 Å². The van der Waals surface area contributed by atoms with Gasteiger partial charge in [0.2, 0.25) is 5.91 Å². The van der Waals surface area contributed by atoms with Crippen molar-refractivity contribution in [3.63, 3.8) is 0 Å². The lowest BCUT2D eigenvalue weighted by Crippen LogP contribution is -2.45. The molecule has 0 atom stereocenters. The number of carbonyl (C=O) groups is 3. The number of benzene rings is 1. The van der Waals surface area contributed by atoms with E-state index in [-0.39, 0.29) is 24.3 Å². The number of thioether (sulfide) groups is 1. The Balaban J connectivity index is 1.81. The predicted octanol–water partition coefficient (Wildman–Crippen LogP) is 2.73. The summed E-state index contributed by atoms with van der Waals surface area (Å²) < 4.78 is 0. The molecule has 27 heavy (non-hydrogen) atoms. The Morgan fingerprint density at radius 3 is 2.59 bits per heavy atom. The van der Waals surface area contributed by atoms with Crippen molar-refractivity contribution in [2.45, 2.75) is 25.0 Å². The van der Waals surface area contributed by atoms with Crippen LogP contribution < -0.4 is 5.32 Å². The highest BCUT2D eigenvalue weighted by Crippen LogP contribution is 2.22. The molecule has 0 unspecified atom stereocenters. The summed E-state index contributed by atoms with van der Waals surface area (Å²) in [4.78, 5) is 38.4. The SMILES string of the molecule is CN(C)C(=O)N1CCC(C(=O)Nc2cccc(CSCCC(=O)O)c2)CC1. The van der Waals surface area contributed by atoms with Crippen LogP contribution in [0.1, 0.15) is 24.8 Å². The quantitative estimate of drug-likeness (QED) is 0.695. The van der Waals surface area contributed by atoms with Crippen molar-refractivity contribution in [3.8, 4) is 0 Å². The van der Waals surface area contributed by atoms with Gasteiger partial charge in [0, 0.05) is 50.3 Å². The van der Waals surface area contributed by atoms with E-state index in [1.54, 1.807) is 35.7 Å². The van der Waals surface area contributed by atoms with Gasteiger partial charge in [0.05, 0.1) is 6.42 Å². The second-order valence-electron chi connectivity index (χ2n) is 6.82. The van der Waals surface area contributed by atoms with Crippen LogP contribution in [-0.2, 0) is 15.3 Å². The molecule has 1 fully saturated rings. The summed E-state index contributed by atoms with van der Waals surface area (Å²) in [5.41, 5.74) is 1.80. The highest BCUT2D eigenvalue weighted by Gasteiger charge is 2.28. The zero-order valence-corrected chi connectivity index (χ0v) is 16.6. The highest BCUT2D eigenvalue weighted by atomic mass is 32.2. The van der Waals surface area contributed by atoms with Gasteiger partial charge in [-0.2, -0.15) is 11.8 Å². The van der Waals surface area contributed by atoms with Gasteiger partial charge in [-0.25, -0.2) is 4.79 Å². The first kappa shape index (κ1) is 21.1. The summed E-state index contributed by atoms with van der Waals surface area (Å²) in [7, 11) is 3.46. The third-order valence-corrected chi connectivity index (χ3v) is 5.47. The van der Waals surface area contributed by atoms with Gasteiger partial charge < -0.3 is 20.2 Å². The molecule has 1 aliphatic rings. The third kappa shape index (κ3) is 6.78. The monoisotopic (exact) mass is 393 g/mol. The van der Waals surface area contributed by atoms with E-state index in [9.17, 15) is 14.4 Å². The summed E-state index contributed by atoms with van der Waals surface area (Å²) in [5.74, 6) is 0.382. The fourth-order valence-electron chi connectivity index (χ4n) is 2.95. The number of rotatable bonds is 7. The van der Waals surface area contributed by atoms with Crippen molar-refractivity contribution in [2.75, 3.05) is 38.3 Å². The number of nitrogens with one attached hydrogen (secondary N) is 1. The minimum atomic E-state index is -0.790. The van der Waals surface area contributed by atoms with Crippen molar-refractivity contribution in [1.82, 2.24) is 9.80 Å². The van der Waals surface area contributed by atoms with Gasteiger partial charge in [0.1, 0.15) is 0 Å². The van der Waals surface area contributed by atoms with Gasteiger partial charge >= 0.3 is 12.0 Å². The number of hydrogen-bond donors (Lipinski definition) is 2. The topological polar surface area (TPSA) is 90.0 Å². The summed E-state index contributed by atoms with van der Waals surface area (Å²) in [5, 5.41) is 11.6. The maximum absolute atomic E-state index is 12.5. The molecule has 0 spiro atoms. The molecule has 1 aromatic carbocycles. The van der Waals surface area contributed by atoms with Crippen molar-refractivity contribution >= 4 is 35.4 Å². The number of nitrogens with zero attached hydrogens (tertiary/aromatic N) is 2. The van der Waals surface area contributed by atoms with Crippen LogP contribution in [0.25, 0.3) is 0 Å². The molecule has 0 saturated carbocycles. The number of carboxylic acids is 1.